The van der Waals surface area contributed by atoms with Crippen LogP contribution in [0, 0.1) is 0 Å². The molecule has 0 heterocycles. The fourth-order valence-corrected chi connectivity index (χ4v) is 3.44. The Morgan fingerprint density at radius 1 is 0.581 bits per heavy atom. The van der Waals surface area contributed by atoms with Crippen molar-refractivity contribution in [2.24, 2.45) is 0 Å². The molecule has 4 nitrogen and oxygen atoms in total. The topological polar surface area (TPSA) is 36.9 Å². The fraction of sp³-hybridized carbons (Fsp3) is 0.926. The molecule has 0 bridgehead atoms. The van der Waals surface area contributed by atoms with Crippen molar-refractivity contribution in [2.45, 2.75) is 136 Å². The second-order valence-electron chi connectivity index (χ2n) is 8.56. The van der Waals surface area contributed by atoms with E-state index in [1.807, 2.05) is 0 Å². The maximum atomic E-state index is 5.79. The smallest absolute Gasteiger partial charge is 0.188 e. The fourth-order valence-electron chi connectivity index (χ4n) is 3.44. The van der Waals surface area contributed by atoms with Crippen LogP contribution in [-0.2, 0) is 18.9 Å². The van der Waals surface area contributed by atoms with Gasteiger partial charge in [0.1, 0.15) is 0 Å². The average Bonchev–Trinajstić information content (AvgIpc) is 2.79. The van der Waals surface area contributed by atoms with Crippen molar-refractivity contribution < 1.29 is 18.9 Å². The Bertz CT molecular complexity index is 338. The second-order valence-corrected chi connectivity index (χ2v) is 8.56. The Morgan fingerprint density at radius 2 is 1.16 bits per heavy atom. The molecule has 31 heavy (non-hydrogen) atoms. The van der Waals surface area contributed by atoms with Gasteiger partial charge in [-0.15, -0.1) is 0 Å². The van der Waals surface area contributed by atoms with Gasteiger partial charge >= 0.3 is 0 Å². The zero-order valence-electron chi connectivity index (χ0n) is 21.2. The SMILES string of the molecule is CCCCCCCCOCOC=CCCCCCCCCCC(OCCC)OCCC. The van der Waals surface area contributed by atoms with E-state index < -0.39 is 0 Å². The van der Waals surface area contributed by atoms with E-state index in [9.17, 15) is 0 Å². The molecule has 0 aromatic carbocycles. The van der Waals surface area contributed by atoms with Crippen LogP contribution in [0.2, 0.25) is 0 Å². The quantitative estimate of drug-likeness (QED) is 0.0764. The molecule has 0 fully saturated rings. The highest BCUT2D eigenvalue weighted by Gasteiger charge is 2.08. The van der Waals surface area contributed by atoms with Crippen molar-refractivity contribution >= 4 is 0 Å². The molecule has 0 aromatic heterocycles. The maximum absolute atomic E-state index is 5.79. The van der Waals surface area contributed by atoms with Gasteiger partial charge in [-0.3, -0.25) is 0 Å². The number of rotatable bonds is 26. The van der Waals surface area contributed by atoms with E-state index in [-0.39, 0.29) is 6.29 Å². The molecular weight excluding hydrogens is 388 g/mol. The molecule has 0 aliphatic carbocycles. The lowest BCUT2D eigenvalue weighted by atomic mass is 10.1. The van der Waals surface area contributed by atoms with Crippen molar-refractivity contribution in [1.29, 1.82) is 0 Å². The molecule has 0 aliphatic heterocycles. The third kappa shape index (κ3) is 25.6. The first-order valence-electron chi connectivity index (χ1n) is 13.4. The summed E-state index contributed by atoms with van der Waals surface area (Å²) < 4.78 is 22.5. The Labute approximate surface area is 194 Å². The van der Waals surface area contributed by atoms with Crippen molar-refractivity contribution in [3.05, 3.63) is 12.3 Å². The minimum absolute atomic E-state index is 0.00913. The van der Waals surface area contributed by atoms with Crippen LogP contribution in [0.15, 0.2) is 12.3 Å². The van der Waals surface area contributed by atoms with Gasteiger partial charge in [-0.2, -0.15) is 0 Å². The third-order valence-corrected chi connectivity index (χ3v) is 5.31. The van der Waals surface area contributed by atoms with Crippen LogP contribution in [0.4, 0.5) is 0 Å². The highest BCUT2D eigenvalue weighted by atomic mass is 16.7. The van der Waals surface area contributed by atoms with E-state index >= 15 is 0 Å². The van der Waals surface area contributed by atoms with Crippen LogP contribution in [0.1, 0.15) is 130 Å². The standard InChI is InChI=1S/C27H54O4/c1-4-7-8-9-16-19-24-28-26-29-25-20-17-14-12-10-11-13-15-18-21-27(30-22-5-2)31-23-6-3/h20,25,27H,4-19,21-24,26H2,1-3H3. The lowest BCUT2D eigenvalue weighted by Crippen LogP contribution is -2.18. The van der Waals surface area contributed by atoms with E-state index in [1.165, 1.54) is 77.0 Å². The van der Waals surface area contributed by atoms with Crippen LogP contribution >= 0.6 is 0 Å². The first-order chi connectivity index (χ1) is 15.3. The van der Waals surface area contributed by atoms with Crippen molar-refractivity contribution in [3.8, 4) is 0 Å². The zero-order chi connectivity index (χ0) is 22.7. The van der Waals surface area contributed by atoms with Gasteiger partial charge in [-0.05, 0) is 51.0 Å². The van der Waals surface area contributed by atoms with Crippen molar-refractivity contribution in [2.75, 3.05) is 26.6 Å². The summed E-state index contributed by atoms with van der Waals surface area (Å²) in [6, 6.07) is 0. The minimum Gasteiger partial charge on any atom is -0.475 e. The normalized spacial score (nSPS) is 11.7. The lowest BCUT2D eigenvalue weighted by Gasteiger charge is -2.18. The number of hydrogen-bond donors (Lipinski definition) is 0. The van der Waals surface area contributed by atoms with Crippen molar-refractivity contribution in [1.82, 2.24) is 0 Å². The van der Waals surface area contributed by atoms with E-state index in [0.29, 0.717) is 6.79 Å². The monoisotopic (exact) mass is 442 g/mol. The summed E-state index contributed by atoms with van der Waals surface area (Å²) in [7, 11) is 0. The van der Waals surface area contributed by atoms with Gasteiger partial charge in [0, 0.05) is 13.2 Å². The second kappa shape index (κ2) is 27.5. The van der Waals surface area contributed by atoms with Crippen LogP contribution in [0.3, 0.4) is 0 Å². The molecule has 0 saturated heterocycles. The molecule has 0 aliphatic rings. The Kier molecular flexibility index (Phi) is 26.9. The van der Waals surface area contributed by atoms with Crippen molar-refractivity contribution in [3.63, 3.8) is 0 Å². The summed E-state index contributed by atoms with van der Waals surface area (Å²) >= 11 is 0. The summed E-state index contributed by atoms with van der Waals surface area (Å²) in [5.41, 5.74) is 0. The summed E-state index contributed by atoms with van der Waals surface area (Å²) in [5.74, 6) is 0. The molecule has 0 unspecified atom stereocenters. The molecule has 0 atom stereocenters. The molecule has 0 radical (unpaired) electrons. The summed E-state index contributed by atoms with van der Waals surface area (Å²) in [6.45, 7) is 9.36. The summed E-state index contributed by atoms with van der Waals surface area (Å²) in [6.07, 6.45) is 25.0. The van der Waals surface area contributed by atoms with Gasteiger partial charge < -0.3 is 18.9 Å². The predicted molar refractivity (Wildman–Crippen MR) is 132 cm³/mol. The van der Waals surface area contributed by atoms with Crippen LogP contribution in [0.5, 0.6) is 0 Å². The Morgan fingerprint density at radius 3 is 1.81 bits per heavy atom. The van der Waals surface area contributed by atoms with E-state index in [1.54, 1.807) is 6.26 Å². The highest BCUT2D eigenvalue weighted by molar-refractivity contribution is 4.72. The number of hydrogen-bond acceptors (Lipinski definition) is 4. The first-order valence-corrected chi connectivity index (χ1v) is 13.4. The van der Waals surface area contributed by atoms with Gasteiger partial charge in [0.15, 0.2) is 13.1 Å². The van der Waals surface area contributed by atoms with Crippen LogP contribution < -0.4 is 0 Å². The molecular formula is C27H54O4. The van der Waals surface area contributed by atoms with Gasteiger partial charge in [-0.1, -0.05) is 85.0 Å². The molecule has 0 N–H and O–H groups in total. The molecule has 4 heteroatoms. The average molecular weight is 443 g/mol. The molecule has 0 aromatic rings. The Balaban J connectivity index is 3.29. The van der Waals surface area contributed by atoms with Crippen LogP contribution in [0.25, 0.3) is 0 Å². The van der Waals surface area contributed by atoms with Gasteiger partial charge in [-0.25, -0.2) is 0 Å². The summed E-state index contributed by atoms with van der Waals surface area (Å²) in [4.78, 5) is 0. The Hall–Kier alpha value is -0.580. The van der Waals surface area contributed by atoms with E-state index in [2.05, 4.69) is 26.8 Å². The number of allylic oxidation sites excluding steroid dienone is 1. The summed E-state index contributed by atoms with van der Waals surface area (Å²) in [5, 5.41) is 0. The van der Waals surface area contributed by atoms with E-state index in [4.69, 9.17) is 18.9 Å². The lowest BCUT2D eigenvalue weighted by molar-refractivity contribution is -0.146. The molecule has 0 amide bonds. The third-order valence-electron chi connectivity index (χ3n) is 5.31. The maximum Gasteiger partial charge on any atom is 0.188 e. The molecule has 0 rings (SSSR count). The van der Waals surface area contributed by atoms with Gasteiger partial charge in [0.2, 0.25) is 0 Å². The number of ether oxygens (including phenoxy) is 4. The van der Waals surface area contributed by atoms with E-state index in [0.717, 1.165) is 51.9 Å². The minimum atomic E-state index is 0.00913. The largest absolute Gasteiger partial charge is 0.475 e. The zero-order valence-corrected chi connectivity index (χ0v) is 21.2. The van der Waals surface area contributed by atoms with Crippen LogP contribution in [-0.4, -0.2) is 32.9 Å². The molecule has 186 valence electrons. The molecule has 0 saturated carbocycles. The first kappa shape index (κ1) is 30.4. The highest BCUT2D eigenvalue weighted by Crippen LogP contribution is 2.13. The molecule has 0 spiro atoms. The van der Waals surface area contributed by atoms with Gasteiger partial charge in [0.05, 0.1) is 12.9 Å². The predicted octanol–water partition coefficient (Wildman–Crippen LogP) is 8.54. The van der Waals surface area contributed by atoms with Gasteiger partial charge in [0.25, 0.3) is 0 Å². The number of unbranched alkanes of at least 4 members (excludes halogenated alkanes) is 12.